The molecule has 0 fully saturated rings. The Morgan fingerprint density at radius 1 is 1.28 bits per heavy atom. The lowest BCUT2D eigenvalue weighted by Gasteiger charge is -2.13. The van der Waals surface area contributed by atoms with Gasteiger partial charge in [0.25, 0.3) is 0 Å². The lowest BCUT2D eigenvalue weighted by Crippen LogP contribution is -2.04. The summed E-state index contributed by atoms with van der Waals surface area (Å²) in [4.78, 5) is 8.18. The van der Waals surface area contributed by atoms with Crippen molar-refractivity contribution in [2.45, 2.75) is 26.6 Å². The molecule has 4 heteroatoms. The standard InChI is InChI=1S/C14H16N2O2/c1-10-4-5-12(11(2)17)13(8-10)18-9-14-15-6-3-7-16-14/h3-8,11,17H,9H2,1-2H3/t11-/m0/s1. The van der Waals surface area contributed by atoms with E-state index >= 15 is 0 Å². The highest BCUT2D eigenvalue weighted by Gasteiger charge is 2.09. The van der Waals surface area contributed by atoms with Crippen molar-refractivity contribution < 1.29 is 9.84 Å². The number of aryl methyl sites for hydroxylation is 1. The minimum Gasteiger partial charge on any atom is -0.485 e. The predicted octanol–water partition coefficient (Wildman–Crippen LogP) is 2.42. The topological polar surface area (TPSA) is 55.2 Å². The molecule has 94 valence electrons. The molecule has 1 aromatic carbocycles. The monoisotopic (exact) mass is 244 g/mol. The average molecular weight is 244 g/mol. The van der Waals surface area contributed by atoms with Crippen LogP contribution in [0.15, 0.2) is 36.7 Å². The van der Waals surface area contributed by atoms with Crippen LogP contribution in [0.1, 0.15) is 30.0 Å². The summed E-state index contributed by atoms with van der Waals surface area (Å²) in [6, 6.07) is 7.50. The van der Waals surface area contributed by atoms with Gasteiger partial charge in [-0.25, -0.2) is 9.97 Å². The van der Waals surface area contributed by atoms with Crippen molar-refractivity contribution in [3.05, 3.63) is 53.6 Å². The molecular weight excluding hydrogens is 228 g/mol. The Hall–Kier alpha value is -1.94. The quantitative estimate of drug-likeness (QED) is 0.897. The van der Waals surface area contributed by atoms with Gasteiger partial charge in [-0.3, -0.25) is 0 Å². The van der Waals surface area contributed by atoms with Gasteiger partial charge in [0.2, 0.25) is 0 Å². The Kier molecular flexibility index (Phi) is 3.89. The minimum absolute atomic E-state index is 0.296. The maximum atomic E-state index is 9.68. The zero-order valence-electron chi connectivity index (χ0n) is 10.5. The lowest BCUT2D eigenvalue weighted by atomic mass is 10.1. The van der Waals surface area contributed by atoms with Gasteiger partial charge in [-0.1, -0.05) is 12.1 Å². The van der Waals surface area contributed by atoms with Crippen molar-refractivity contribution in [3.63, 3.8) is 0 Å². The molecule has 4 nitrogen and oxygen atoms in total. The summed E-state index contributed by atoms with van der Waals surface area (Å²) in [6.07, 6.45) is 2.80. The van der Waals surface area contributed by atoms with Crippen LogP contribution in [0.4, 0.5) is 0 Å². The molecule has 18 heavy (non-hydrogen) atoms. The molecule has 0 saturated carbocycles. The number of hydrogen-bond acceptors (Lipinski definition) is 4. The average Bonchev–Trinajstić information content (AvgIpc) is 2.37. The molecule has 0 aliphatic carbocycles. The summed E-state index contributed by atoms with van der Waals surface area (Å²) >= 11 is 0. The first-order valence-electron chi connectivity index (χ1n) is 5.84. The molecule has 0 unspecified atom stereocenters. The van der Waals surface area contributed by atoms with E-state index in [0.29, 0.717) is 18.2 Å². The first-order chi connectivity index (χ1) is 8.66. The van der Waals surface area contributed by atoms with Crippen LogP contribution in [0.2, 0.25) is 0 Å². The molecule has 1 aromatic heterocycles. The predicted molar refractivity (Wildman–Crippen MR) is 68.2 cm³/mol. The molecular formula is C14H16N2O2. The summed E-state index contributed by atoms with van der Waals surface area (Å²) in [5.41, 5.74) is 1.86. The largest absolute Gasteiger partial charge is 0.485 e. The van der Waals surface area contributed by atoms with Crippen LogP contribution in [-0.2, 0) is 6.61 Å². The zero-order valence-corrected chi connectivity index (χ0v) is 10.5. The fourth-order valence-electron chi connectivity index (χ4n) is 1.66. The number of aromatic nitrogens is 2. The van der Waals surface area contributed by atoms with Crippen LogP contribution in [0.5, 0.6) is 5.75 Å². The van der Waals surface area contributed by atoms with Crippen molar-refractivity contribution in [2.24, 2.45) is 0 Å². The zero-order chi connectivity index (χ0) is 13.0. The maximum absolute atomic E-state index is 9.68. The summed E-state index contributed by atoms with van der Waals surface area (Å²) in [5.74, 6) is 1.30. The Morgan fingerprint density at radius 3 is 2.67 bits per heavy atom. The number of rotatable bonds is 4. The number of ether oxygens (including phenoxy) is 1. The fraction of sp³-hybridized carbons (Fsp3) is 0.286. The van der Waals surface area contributed by atoms with Crippen LogP contribution in [0, 0.1) is 6.92 Å². The summed E-state index contributed by atoms with van der Waals surface area (Å²) in [7, 11) is 0. The molecule has 1 heterocycles. The molecule has 0 saturated heterocycles. The molecule has 1 N–H and O–H groups in total. The second-order valence-electron chi connectivity index (χ2n) is 4.17. The highest BCUT2D eigenvalue weighted by Crippen LogP contribution is 2.26. The minimum atomic E-state index is -0.558. The van der Waals surface area contributed by atoms with E-state index in [4.69, 9.17) is 4.74 Å². The van der Waals surface area contributed by atoms with Gasteiger partial charge in [-0.05, 0) is 31.5 Å². The molecule has 0 spiro atoms. The van der Waals surface area contributed by atoms with E-state index in [2.05, 4.69) is 9.97 Å². The van der Waals surface area contributed by atoms with E-state index in [9.17, 15) is 5.11 Å². The van der Waals surface area contributed by atoms with Gasteiger partial charge in [0.05, 0.1) is 6.10 Å². The van der Waals surface area contributed by atoms with Gasteiger partial charge in [-0.2, -0.15) is 0 Å². The fourth-order valence-corrected chi connectivity index (χ4v) is 1.66. The van der Waals surface area contributed by atoms with Crippen molar-refractivity contribution in [1.82, 2.24) is 9.97 Å². The maximum Gasteiger partial charge on any atom is 0.166 e. The third kappa shape index (κ3) is 3.05. The van der Waals surface area contributed by atoms with Crippen molar-refractivity contribution in [2.75, 3.05) is 0 Å². The van der Waals surface area contributed by atoms with E-state index in [0.717, 1.165) is 11.1 Å². The van der Waals surface area contributed by atoms with E-state index in [-0.39, 0.29) is 0 Å². The third-order valence-electron chi connectivity index (χ3n) is 2.60. The number of nitrogens with zero attached hydrogens (tertiary/aromatic N) is 2. The van der Waals surface area contributed by atoms with Crippen molar-refractivity contribution in [1.29, 1.82) is 0 Å². The summed E-state index contributed by atoms with van der Waals surface area (Å²) in [5, 5.41) is 9.68. The Bertz CT molecular complexity index is 512. The van der Waals surface area contributed by atoms with E-state index in [1.807, 2.05) is 25.1 Å². The lowest BCUT2D eigenvalue weighted by molar-refractivity contribution is 0.189. The number of benzene rings is 1. The second-order valence-corrected chi connectivity index (χ2v) is 4.17. The van der Waals surface area contributed by atoms with Gasteiger partial charge in [0.15, 0.2) is 5.82 Å². The first kappa shape index (κ1) is 12.5. The van der Waals surface area contributed by atoms with Gasteiger partial charge in [0.1, 0.15) is 12.4 Å². The molecule has 2 aromatic rings. The van der Waals surface area contributed by atoms with Crippen LogP contribution in [0.3, 0.4) is 0 Å². The van der Waals surface area contributed by atoms with Gasteiger partial charge in [0, 0.05) is 18.0 Å². The van der Waals surface area contributed by atoms with Crippen LogP contribution >= 0.6 is 0 Å². The van der Waals surface area contributed by atoms with E-state index in [1.54, 1.807) is 25.4 Å². The molecule has 0 bridgehead atoms. The van der Waals surface area contributed by atoms with Gasteiger partial charge >= 0.3 is 0 Å². The Balaban J connectivity index is 2.15. The third-order valence-corrected chi connectivity index (χ3v) is 2.60. The highest BCUT2D eigenvalue weighted by molar-refractivity contribution is 5.38. The SMILES string of the molecule is Cc1ccc([C@H](C)O)c(OCc2ncccn2)c1. The van der Waals surface area contributed by atoms with Crippen molar-refractivity contribution in [3.8, 4) is 5.75 Å². The summed E-state index contributed by atoms with van der Waals surface area (Å²) in [6.45, 7) is 4.00. The number of aliphatic hydroxyl groups is 1. The normalized spacial score (nSPS) is 12.2. The molecule has 0 radical (unpaired) electrons. The number of aliphatic hydroxyl groups excluding tert-OH is 1. The molecule has 1 atom stereocenters. The summed E-state index contributed by atoms with van der Waals surface area (Å²) < 4.78 is 5.68. The smallest absolute Gasteiger partial charge is 0.166 e. The second kappa shape index (κ2) is 5.60. The molecule has 0 amide bonds. The molecule has 0 aliphatic rings. The van der Waals surface area contributed by atoms with E-state index in [1.165, 1.54) is 0 Å². The van der Waals surface area contributed by atoms with Gasteiger partial charge in [-0.15, -0.1) is 0 Å². The molecule has 2 rings (SSSR count). The van der Waals surface area contributed by atoms with Crippen molar-refractivity contribution >= 4 is 0 Å². The van der Waals surface area contributed by atoms with Crippen LogP contribution in [0.25, 0.3) is 0 Å². The highest BCUT2D eigenvalue weighted by atomic mass is 16.5. The number of hydrogen-bond donors (Lipinski definition) is 1. The van der Waals surface area contributed by atoms with E-state index < -0.39 is 6.10 Å². The Morgan fingerprint density at radius 2 is 2.00 bits per heavy atom. The molecule has 0 aliphatic heterocycles. The van der Waals surface area contributed by atoms with Crippen LogP contribution < -0.4 is 4.74 Å². The Labute approximate surface area is 106 Å². The van der Waals surface area contributed by atoms with Crippen LogP contribution in [-0.4, -0.2) is 15.1 Å². The van der Waals surface area contributed by atoms with Gasteiger partial charge < -0.3 is 9.84 Å². The first-order valence-corrected chi connectivity index (χ1v) is 5.84.